The van der Waals surface area contributed by atoms with E-state index >= 15 is 0 Å². The molecule has 0 radical (unpaired) electrons. The van der Waals surface area contributed by atoms with Crippen LogP contribution in [0.2, 0.25) is 0 Å². The van der Waals surface area contributed by atoms with Crippen LogP contribution in [-0.2, 0) is 0 Å². The highest BCUT2D eigenvalue weighted by atomic mass is 127. The van der Waals surface area contributed by atoms with Crippen molar-refractivity contribution in [2.75, 3.05) is 0 Å². The van der Waals surface area contributed by atoms with E-state index in [0.29, 0.717) is 5.56 Å². The Morgan fingerprint density at radius 2 is 2.18 bits per heavy atom. The quantitative estimate of drug-likeness (QED) is 0.497. The summed E-state index contributed by atoms with van der Waals surface area (Å²) in [4.78, 5) is 0. The summed E-state index contributed by atoms with van der Waals surface area (Å²) >= 11 is 1.93. The van der Waals surface area contributed by atoms with Gasteiger partial charge in [0, 0.05) is 28.2 Å². The molecule has 2 heteroatoms. The zero-order chi connectivity index (χ0) is 8.27. The smallest absolute Gasteiger partial charge is 0.127 e. The number of rotatable bonds is 0. The van der Waals surface area contributed by atoms with E-state index in [0.717, 1.165) is 5.56 Å². The van der Waals surface area contributed by atoms with Crippen LogP contribution in [0.25, 0.3) is 0 Å². The van der Waals surface area contributed by atoms with E-state index in [1.54, 1.807) is 13.0 Å². The van der Waals surface area contributed by atoms with Gasteiger partial charge in [-0.05, 0) is 28.5 Å². The molecular weight excluding hydrogens is 254 g/mol. The van der Waals surface area contributed by atoms with Gasteiger partial charge in [-0.1, -0.05) is 12.0 Å². The highest BCUT2D eigenvalue weighted by Gasteiger charge is 1.95. The first-order chi connectivity index (χ1) is 5.24. The SMILES string of the molecule is Cc1ccc(C#CI)cc1F. The van der Waals surface area contributed by atoms with E-state index in [1.165, 1.54) is 6.07 Å². The van der Waals surface area contributed by atoms with E-state index in [9.17, 15) is 4.39 Å². The largest absolute Gasteiger partial charge is 0.207 e. The maximum Gasteiger partial charge on any atom is 0.127 e. The fourth-order valence-electron chi connectivity index (χ4n) is 0.725. The first-order valence-electron chi connectivity index (χ1n) is 3.12. The number of benzene rings is 1. The fraction of sp³-hybridized carbons (Fsp3) is 0.111. The van der Waals surface area contributed by atoms with Crippen molar-refractivity contribution in [2.45, 2.75) is 6.92 Å². The van der Waals surface area contributed by atoms with Gasteiger partial charge in [-0.25, -0.2) is 4.39 Å². The van der Waals surface area contributed by atoms with Gasteiger partial charge in [0.1, 0.15) is 5.82 Å². The van der Waals surface area contributed by atoms with Crippen LogP contribution in [0.3, 0.4) is 0 Å². The van der Waals surface area contributed by atoms with Crippen LogP contribution in [0.1, 0.15) is 11.1 Å². The first kappa shape index (κ1) is 8.54. The molecule has 1 aromatic carbocycles. The van der Waals surface area contributed by atoms with E-state index in [1.807, 2.05) is 28.7 Å². The molecule has 0 spiro atoms. The minimum absolute atomic E-state index is 0.193. The molecule has 0 heterocycles. The third-order valence-electron chi connectivity index (χ3n) is 1.36. The van der Waals surface area contributed by atoms with Gasteiger partial charge in [0.15, 0.2) is 0 Å². The van der Waals surface area contributed by atoms with Crippen LogP contribution < -0.4 is 0 Å². The molecule has 0 nitrogen and oxygen atoms in total. The maximum absolute atomic E-state index is 12.8. The van der Waals surface area contributed by atoms with Crippen molar-refractivity contribution >= 4 is 22.6 Å². The van der Waals surface area contributed by atoms with Crippen LogP contribution in [0.4, 0.5) is 4.39 Å². The second kappa shape index (κ2) is 3.72. The van der Waals surface area contributed by atoms with Gasteiger partial charge in [0.2, 0.25) is 0 Å². The molecule has 56 valence electrons. The molecule has 0 saturated carbocycles. The van der Waals surface area contributed by atoms with Gasteiger partial charge in [0.05, 0.1) is 0 Å². The summed E-state index contributed by atoms with van der Waals surface area (Å²) in [6.45, 7) is 1.73. The molecule has 0 saturated heterocycles. The highest BCUT2D eigenvalue weighted by Crippen LogP contribution is 2.07. The van der Waals surface area contributed by atoms with Crippen LogP contribution in [0.5, 0.6) is 0 Å². The third kappa shape index (κ3) is 2.19. The van der Waals surface area contributed by atoms with Crippen LogP contribution in [-0.4, -0.2) is 0 Å². The number of hydrogen-bond donors (Lipinski definition) is 0. The Morgan fingerprint density at radius 3 is 2.73 bits per heavy atom. The van der Waals surface area contributed by atoms with E-state index in [2.05, 4.69) is 9.85 Å². The molecule has 0 aliphatic rings. The van der Waals surface area contributed by atoms with Gasteiger partial charge in [-0.2, -0.15) is 0 Å². The number of aryl methyl sites for hydroxylation is 1. The van der Waals surface area contributed by atoms with Gasteiger partial charge < -0.3 is 0 Å². The van der Waals surface area contributed by atoms with Crippen molar-refractivity contribution < 1.29 is 4.39 Å². The lowest BCUT2D eigenvalue weighted by Crippen LogP contribution is -1.82. The maximum atomic E-state index is 12.8. The van der Waals surface area contributed by atoms with Crippen LogP contribution in [0.15, 0.2) is 18.2 Å². The summed E-state index contributed by atoms with van der Waals surface area (Å²) in [5.74, 6) is 2.58. The molecule has 1 aromatic rings. The monoisotopic (exact) mass is 260 g/mol. The van der Waals surface area contributed by atoms with Gasteiger partial charge in [0.25, 0.3) is 0 Å². The molecule has 11 heavy (non-hydrogen) atoms. The van der Waals surface area contributed by atoms with Crippen LogP contribution in [0, 0.1) is 22.6 Å². The van der Waals surface area contributed by atoms with Crippen molar-refractivity contribution in [3.8, 4) is 9.85 Å². The zero-order valence-corrected chi connectivity index (χ0v) is 8.15. The molecule has 0 N–H and O–H groups in total. The Balaban J connectivity index is 3.12. The second-order valence-electron chi connectivity index (χ2n) is 2.18. The summed E-state index contributed by atoms with van der Waals surface area (Å²) in [7, 11) is 0. The topological polar surface area (TPSA) is 0 Å². The lowest BCUT2D eigenvalue weighted by molar-refractivity contribution is 0.618. The molecule has 1 rings (SSSR count). The van der Waals surface area contributed by atoms with Crippen molar-refractivity contribution in [2.24, 2.45) is 0 Å². The third-order valence-corrected chi connectivity index (χ3v) is 1.63. The summed E-state index contributed by atoms with van der Waals surface area (Å²) < 4.78 is 15.5. The summed E-state index contributed by atoms with van der Waals surface area (Å²) in [5.41, 5.74) is 1.38. The minimum atomic E-state index is -0.193. The molecule has 0 amide bonds. The van der Waals surface area contributed by atoms with E-state index in [4.69, 9.17) is 0 Å². The molecule has 0 fully saturated rings. The minimum Gasteiger partial charge on any atom is -0.207 e. The van der Waals surface area contributed by atoms with Crippen molar-refractivity contribution in [1.29, 1.82) is 0 Å². The molecule has 0 aromatic heterocycles. The Labute approximate surface area is 79.0 Å². The average molecular weight is 260 g/mol. The Morgan fingerprint density at radius 1 is 1.45 bits per heavy atom. The number of halogens is 2. The lowest BCUT2D eigenvalue weighted by Gasteiger charge is -1.94. The van der Waals surface area contributed by atoms with Crippen LogP contribution >= 0.6 is 22.6 Å². The van der Waals surface area contributed by atoms with E-state index < -0.39 is 0 Å². The normalized spacial score (nSPS) is 8.64. The summed E-state index contributed by atoms with van der Waals surface area (Å²) in [6, 6.07) is 4.98. The first-order valence-corrected chi connectivity index (χ1v) is 4.19. The average Bonchev–Trinajstić information content (AvgIpc) is 1.98. The highest BCUT2D eigenvalue weighted by molar-refractivity contribution is 14.1. The Hall–Kier alpha value is -0.560. The molecule has 0 atom stereocenters. The van der Waals surface area contributed by atoms with Gasteiger partial charge in [-0.3, -0.25) is 0 Å². The zero-order valence-electron chi connectivity index (χ0n) is 5.99. The van der Waals surface area contributed by atoms with Gasteiger partial charge >= 0.3 is 0 Å². The predicted octanol–water partition coefficient (Wildman–Crippen LogP) is 2.88. The lowest BCUT2D eigenvalue weighted by atomic mass is 10.1. The molecular formula is C9H6FI. The van der Waals surface area contributed by atoms with Crippen molar-refractivity contribution in [3.05, 3.63) is 35.1 Å². The summed E-state index contributed by atoms with van der Waals surface area (Å²) in [5, 5.41) is 0. The van der Waals surface area contributed by atoms with Crippen molar-refractivity contribution in [1.82, 2.24) is 0 Å². The Bertz CT molecular complexity index is 320. The molecule has 0 aliphatic heterocycles. The molecule has 0 bridgehead atoms. The molecule has 0 unspecified atom stereocenters. The standard InChI is InChI=1S/C9H6FI/c1-7-2-3-8(4-5-11)6-9(7)10/h2-3,6H,1H3. The number of hydrogen-bond acceptors (Lipinski definition) is 0. The molecule has 0 aliphatic carbocycles. The second-order valence-corrected chi connectivity index (χ2v) is 2.72. The fourth-order valence-corrected chi connectivity index (χ4v) is 1.04. The van der Waals surface area contributed by atoms with Gasteiger partial charge in [-0.15, -0.1) is 0 Å². The van der Waals surface area contributed by atoms with Crippen molar-refractivity contribution in [3.63, 3.8) is 0 Å². The summed E-state index contributed by atoms with van der Waals surface area (Å²) in [6.07, 6.45) is 0. The van der Waals surface area contributed by atoms with E-state index in [-0.39, 0.29) is 5.82 Å². The predicted molar refractivity (Wildman–Crippen MR) is 52.0 cm³/mol. The Kier molecular flexibility index (Phi) is 2.89.